The molecular formula is C13H7BrF3N3. The van der Waals surface area contributed by atoms with Gasteiger partial charge in [-0.15, -0.1) is 0 Å². The van der Waals surface area contributed by atoms with Gasteiger partial charge in [-0.3, -0.25) is 0 Å². The van der Waals surface area contributed by atoms with Gasteiger partial charge in [-0.25, -0.2) is 9.97 Å². The van der Waals surface area contributed by atoms with Crippen LogP contribution in [-0.4, -0.2) is 15.0 Å². The maximum Gasteiger partial charge on any atom is 0.416 e. The third kappa shape index (κ3) is 2.40. The predicted molar refractivity (Wildman–Crippen MR) is 72.0 cm³/mol. The number of aromatic nitrogens is 3. The van der Waals surface area contributed by atoms with E-state index in [0.717, 1.165) is 16.6 Å². The van der Waals surface area contributed by atoms with Crippen LogP contribution >= 0.6 is 15.9 Å². The van der Waals surface area contributed by atoms with Crippen molar-refractivity contribution in [2.45, 2.75) is 6.18 Å². The minimum Gasteiger partial charge on any atom is -0.337 e. The molecule has 1 N–H and O–H groups in total. The Morgan fingerprint density at radius 3 is 2.70 bits per heavy atom. The zero-order valence-corrected chi connectivity index (χ0v) is 11.5. The SMILES string of the molecule is FC(F)(F)c1cccc(-c2nc3ncc(Br)cc3[nH]2)c1. The van der Waals surface area contributed by atoms with E-state index in [1.54, 1.807) is 18.3 Å². The molecule has 0 radical (unpaired) electrons. The summed E-state index contributed by atoms with van der Waals surface area (Å²) in [5.41, 5.74) is 0.783. The summed E-state index contributed by atoms with van der Waals surface area (Å²) in [6.07, 6.45) is -2.79. The van der Waals surface area contributed by atoms with Crippen molar-refractivity contribution >= 4 is 27.1 Å². The molecule has 0 aliphatic rings. The molecule has 0 saturated carbocycles. The lowest BCUT2D eigenvalue weighted by Crippen LogP contribution is -2.04. The van der Waals surface area contributed by atoms with Crippen LogP contribution in [0.15, 0.2) is 41.0 Å². The van der Waals surface area contributed by atoms with Crippen LogP contribution < -0.4 is 0 Å². The summed E-state index contributed by atoms with van der Waals surface area (Å²) in [5.74, 6) is 0.358. The minimum absolute atomic E-state index is 0.358. The molecule has 0 saturated heterocycles. The molecule has 2 heterocycles. The molecule has 3 rings (SSSR count). The number of benzene rings is 1. The van der Waals surface area contributed by atoms with Gasteiger partial charge < -0.3 is 4.98 Å². The summed E-state index contributed by atoms with van der Waals surface area (Å²) in [6.45, 7) is 0. The van der Waals surface area contributed by atoms with Gasteiger partial charge in [0.25, 0.3) is 0 Å². The lowest BCUT2D eigenvalue weighted by molar-refractivity contribution is -0.137. The minimum atomic E-state index is -4.37. The number of aromatic amines is 1. The maximum absolute atomic E-state index is 12.7. The van der Waals surface area contributed by atoms with Gasteiger partial charge in [-0.1, -0.05) is 12.1 Å². The molecule has 0 atom stereocenters. The third-order valence-corrected chi connectivity index (χ3v) is 3.20. The average Bonchev–Trinajstić information content (AvgIpc) is 2.81. The van der Waals surface area contributed by atoms with Crippen LogP contribution in [0.3, 0.4) is 0 Å². The predicted octanol–water partition coefficient (Wildman–Crippen LogP) is 4.41. The number of hydrogen-bond acceptors (Lipinski definition) is 2. The summed E-state index contributed by atoms with van der Waals surface area (Å²) in [4.78, 5) is 11.2. The molecule has 0 amide bonds. The second-order valence-corrected chi connectivity index (χ2v) is 5.10. The highest BCUT2D eigenvalue weighted by molar-refractivity contribution is 9.10. The molecule has 102 valence electrons. The third-order valence-electron chi connectivity index (χ3n) is 2.77. The van der Waals surface area contributed by atoms with Crippen LogP contribution in [0.25, 0.3) is 22.6 Å². The van der Waals surface area contributed by atoms with Gasteiger partial charge in [0.05, 0.1) is 11.1 Å². The first kappa shape index (κ1) is 13.1. The number of imidazole rings is 1. The van der Waals surface area contributed by atoms with Crippen molar-refractivity contribution in [3.63, 3.8) is 0 Å². The van der Waals surface area contributed by atoms with Crippen LogP contribution in [0.1, 0.15) is 5.56 Å². The number of rotatable bonds is 1. The van der Waals surface area contributed by atoms with E-state index in [1.807, 2.05) is 0 Å². The topological polar surface area (TPSA) is 41.6 Å². The maximum atomic E-state index is 12.7. The summed E-state index contributed by atoms with van der Waals surface area (Å²) in [7, 11) is 0. The van der Waals surface area contributed by atoms with Crippen molar-refractivity contribution in [2.75, 3.05) is 0 Å². The Bertz CT molecular complexity index is 780. The normalized spacial score (nSPS) is 12.0. The lowest BCUT2D eigenvalue weighted by atomic mass is 10.1. The van der Waals surface area contributed by atoms with Crippen molar-refractivity contribution < 1.29 is 13.2 Å². The molecule has 0 bridgehead atoms. The van der Waals surface area contributed by atoms with E-state index in [1.165, 1.54) is 6.07 Å². The summed E-state index contributed by atoms with van der Waals surface area (Å²) in [5, 5.41) is 0. The molecule has 7 heteroatoms. The quantitative estimate of drug-likeness (QED) is 0.712. The summed E-state index contributed by atoms with van der Waals surface area (Å²) in [6, 6.07) is 6.79. The molecular weight excluding hydrogens is 335 g/mol. The van der Waals surface area contributed by atoms with E-state index >= 15 is 0 Å². The monoisotopic (exact) mass is 341 g/mol. The number of halogens is 4. The van der Waals surface area contributed by atoms with E-state index in [-0.39, 0.29) is 0 Å². The Kier molecular flexibility index (Phi) is 3.01. The Morgan fingerprint density at radius 1 is 1.15 bits per heavy atom. The fraction of sp³-hybridized carbons (Fsp3) is 0.0769. The first-order valence-corrected chi connectivity index (χ1v) is 6.42. The molecule has 2 aromatic heterocycles. The van der Waals surface area contributed by atoms with E-state index < -0.39 is 11.7 Å². The first-order valence-electron chi connectivity index (χ1n) is 5.62. The van der Waals surface area contributed by atoms with Crippen LogP contribution in [0.2, 0.25) is 0 Å². The van der Waals surface area contributed by atoms with Gasteiger partial charge in [0, 0.05) is 16.2 Å². The number of nitrogens with one attached hydrogen (secondary N) is 1. The number of nitrogens with zero attached hydrogens (tertiary/aromatic N) is 2. The van der Waals surface area contributed by atoms with Crippen molar-refractivity contribution in [1.82, 2.24) is 15.0 Å². The van der Waals surface area contributed by atoms with Crippen LogP contribution in [0.5, 0.6) is 0 Å². The second-order valence-electron chi connectivity index (χ2n) is 4.19. The molecule has 0 fully saturated rings. The second kappa shape index (κ2) is 4.59. The molecule has 20 heavy (non-hydrogen) atoms. The van der Waals surface area contributed by atoms with Crippen LogP contribution in [-0.2, 0) is 6.18 Å². The van der Waals surface area contributed by atoms with Gasteiger partial charge in [0.2, 0.25) is 0 Å². The molecule has 0 spiro atoms. The molecule has 3 nitrogen and oxygen atoms in total. The standard InChI is InChI=1S/C13H7BrF3N3/c14-9-5-10-12(18-6-9)20-11(19-10)7-2-1-3-8(4-7)13(15,16)17/h1-6H,(H,18,19,20). The van der Waals surface area contributed by atoms with Crippen molar-refractivity contribution in [3.8, 4) is 11.4 Å². The van der Waals surface area contributed by atoms with Gasteiger partial charge in [-0.05, 0) is 34.1 Å². The van der Waals surface area contributed by atoms with Crippen molar-refractivity contribution in [1.29, 1.82) is 0 Å². The van der Waals surface area contributed by atoms with Gasteiger partial charge in [0.1, 0.15) is 5.82 Å². The Labute approximate surface area is 120 Å². The van der Waals surface area contributed by atoms with Gasteiger partial charge >= 0.3 is 6.18 Å². The smallest absolute Gasteiger partial charge is 0.337 e. The fourth-order valence-corrected chi connectivity index (χ4v) is 2.19. The number of pyridine rings is 1. The molecule has 0 aliphatic carbocycles. The highest BCUT2D eigenvalue weighted by Crippen LogP contribution is 2.31. The lowest BCUT2D eigenvalue weighted by Gasteiger charge is -2.07. The van der Waals surface area contributed by atoms with Crippen molar-refractivity contribution in [2.24, 2.45) is 0 Å². The number of alkyl halides is 3. The van der Waals surface area contributed by atoms with E-state index in [4.69, 9.17) is 0 Å². The van der Waals surface area contributed by atoms with Crippen LogP contribution in [0, 0.1) is 0 Å². The van der Waals surface area contributed by atoms with Crippen LogP contribution in [0.4, 0.5) is 13.2 Å². The molecule has 3 aromatic rings. The van der Waals surface area contributed by atoms with E-state index in [0.29, 0.717) is 22.6 Å². The average molecular weight is 342 g/mol. The molecule has 1 aromatic carbocycles. The van der Waals surface area contributed by atoms with Crippen molar-refractivity contribution in [3.05, 3.63) is 46.6 Å². The summed E-state index contributed by atoms with van der Waals surface area (Å²) < 4.78 is 38.8. The Hall–Kier alpha value is -1.89. The van der Waals surface area contributed by atoms with Gasteiger partial charge in [0.15, 0.2) is 5.65 Å². The highest BCUT2D eigenvalue weighted by atomic mass is 79.9. The molecule has 0 aliphatic heterocycles. The highest BCUT2D eigenvalue weighted by Gasteiger charge is 2.30. The largest absolute Gasteiger partial charge is 0.416 e. The first-order chi connectivity index (χ1) is 9.43. The zero-order chi connectivity index (χ0) is 14.3. The fourth-order valence-electron chi connectivity index (χ4n) is 1.85. The zero-order valence-electron chi connectivity index (χ0n) is 9.87. The number of hydrogen-bond donors (Lipinski definition) is 1. The Morgan fingerprint density at radius 2 is 1.95 bits per heavy atom. The number of fused-ring (bicyclic) bond motifs is 1. The Balaban J connectivity index is 2.11. The molecule has 0 unspecified atom stereocenters. The number of H-pyrrole nitrogens is 1. The summed E-state index contributed by atoms with van der Waals surface area (Å²) >= 11 is 3.28. The van der Waals surface area contributed by atoms with E-state index in [2.05, 4.69) is 30.9 Å². The van der Waals surface area contributed by atoms with Gasteiger partial charge in [-0.2, -0.15) is 13.2 Å². The van der Waals surface area contributed by atoms with E-state index in [9.17, 15) is 13.2 Å².